The van der Waals surface area contributed by atoms with Crippen LogP contribution in [0.3, 0.4) is 0 Å². The third kappa shape index (κ3) is 3.29. The fourth-order valence-electron chi connectivity index (χ4n) is 2.25. The molecular weight excluding hydrogens is 246 g/mol. The zero-order valence-corrected chi connectivity index (χ0v) is 10.8. The van der Waals surface area contributed by atoms with Crippen LogP contribution in [0.2, 0.25) is 0 Å². The molecule has 0 bridgehead atoms. The summed E-state index contributed by atoms with van der Waals surface area (Å²) in [5.74, 6) is -0.00537. The SMILES string of the molecule is CN(C(=O)Cc1cccc([N+](=O)[O-])c1)C1CCNC1. The van der Waals surface area contributed by atoms with Crippen molar-refractivity contribution < 1.29 is 9.72 Å². The van der Waals surface area contributed by atoms with Crippen molar-refractivity contribution in [3.63, 3.8) is 0 Å². The van der Waals surface area contributed by atoms with E-state index in [0.717, 1.165) is 19.5 Å². The summed E-state index contributed by atoms with van der Waals surface area (Å²) in [6, 6.07) is 6.46. The highest BCUT2D eigenvalue weighted by molar-refractivity contribution is 5.79. The highest BCUT2D eigenvalue weighted by Crippen LogP contribution is 2.15. The van der Waals surface area contributed by atoms with Crippen molar-refractivity contribution >= 4 is 11.6 Å². The van der Waals surface area contributed by atoms with Gasteiger partial charge < -0.3 is 10.2 Å². The molecule has 1 N–H and O–H groups in total. The van der Waals surface area contributed by atoms with Crippen LogP contribution in [0.4, 0.5) is 5.69 Å². The number of benzene rings is 1. The van der Waals surface area contributed by atoms with Crippen LogP contribution in [0.25, 0.3) is 0 Å². The molecule has 2 rings (SSSR count). The van der Waals surface area contributed by atoms with E-state index >= 15 is 0 Å². The van der Waals surface area contributed by atoms with Crippen molar-refractivity contribution in [1.82, 2.24) is 10.2 Å². The first-order valence-corrected chi connectivity index (χ1v) is 6.27. The number of carbonyl (C=O) groups is 1. The summed E-state index contributed by atoms with van der Waals surface area (Å²) in [4.78, 5) is 24.1. The van der Waals surface area contributed by atoms with E-state index in [0.29, 0.717) is 5.56 Å². The zero-order valence-electron chi connectivity index (χ0n) is 10.8. The van der Waals surface area contributed by atoms with E-state index in [4.69, 9.17) is 0 Å². The number of hydrogen-bond acceptors (Lipinski definition) is 4. The Hall–Kier alpha value is -1.95. The van der Waals surface area contributed by atoms with Crippen LogP contribution in [-0.4, -0.2) is 41.9 Å². The maximum Gasteiger partial charge on any atom is 0.269 e. The smallest absolute Gasteiger partial charge is 0.269 e. The molecule has 102 valence electrons. The average Bonchev–Trinajstić information content (AvgIpc) is 2.92. The molecule has 0 saturated carbocycles. The van der Waals surface area contributed by atoms with Gasteiger partial charge in [0, 0.05) is 31.8 Å². The lowest BCUT2D eigenvalue weighted by Crippen LogP contribution is -2.39. The lowest BCUT2D eigenvalue weighted by Gasteiger charge is -2.23. The molecule has 1 unspecified atom stereocenters. The molecule has 6 heteroatoms. The predicted molar refractivity (Wildman–Crippen MR) is 70.8 cm³/mol. The van der Waals surface area contributed by atoms with Crippen molar-refractivity contribution in [2.45, 2.75) is 18.9 Å². The molecule has 1 amide bonds. The number of likely N-dealkylation sites (N-methyl/N-ethyl adjacent to an activating group) is 1. The largest absolute Gasteiger partial charge is 0.341 e. The van der Waals surface area contributed by atoms with Crippen LogP contribution in [0, 0.1) is 10.1 Å². The Morgan fingerprint density at radius 2 is 2.37 bits per heavy atom. The normalized spacial score (nSPS) is 18.3. The van der Waals surface area contributed by atoms with E-state index in [-0.39, 0.29) is 24.1 Å². The fourth-order valence-corrected chi connectivity index (χ4v) is 2.25. The third-order valence-electron chi connectivity index (χ3n) is 3.45. The van der Waals surface area contributed by atoms with Gasteiger partial charge in [0.25, 0.3) is 5.69 Å². The van der Waals surface area contributed by atoms with Gasteiger partial charge in [-0.15, -0.1) is 0 Å². The summed E-state index contributed by atoms with van der Waals surface area (Å²) in [5.41, 5.74) is 0.701. The molecule has 0 radical (unpaired) electrons. The zero-order chi connectivity index (χ0) is 13.8. The van der Waals surface area contributed by atoms with Crippen LogP contribution < -0.4 is 5.32 Å². The number of nitro groups is 1. The van der Waals surface area contributed by atoms with E-state index in [1.54, 1.807) is 24.1 Å². The second kappa shape index (κ2) is 5.79. The molecule has 1 aromatic rings. The van der Waals surface area contributed by atoms with Gasteiger partial charge in [-0.05, 0) is 18.5 Å². The van der Waals surface area contributed by atoms with E-state index in [1.807, 2.05) is 0 Å². The molecule has 1 aliphatic rings. The van der Waals surface area contributed by atoms with Crippen LogP contribution in [-0.2, 0) is 11.2 Å². The van der Waals surface area contributed by atoms with Gasteiger partial charge in [-0.3, -0.25) is 14.9 Å². The first-order chi connectivity index (χ1) is 9.08. The van der Waals surface area contributed by atoms with Gasteiger partial charge in [0.2, 0.25) is 5.91 Å². The maximum absolute atomic E-state index is 12.1. The monoisotopic (exact) mass is 263 g/mol. The molecule has 1 fully saturated rings. The Morgan fingerprint density at radius 1 is 1.58 bits per heavy atom. The second-order valence-electron chi connectivity index (χ2n) is 4.76. The lowest BCUT2D eigenvalue weighted by molar-refractivity contribution is -0.384. The Balaban J connectivity index is 2.01. The molecule has 19 heavy (non-hydrogen) atoms. The summed E-state index contributed by atoms with van der Waals surface area (Å²) in [6.45, 7) is 1.75. The van der Waals surface area contributed by atoms with Gasteiger partial charge in [0.1, 0.15) is 0 Å². The third-order valence-corrected chi connectivity index (χ3v) is 3.45. The average molecular weight is 263 g/mol. The Kier molecular flexibility index (Phi) is 4.11. The number of carbonyl (C=O) groups excluding carboxylic acids is 1. The molecular formula is C13H17N3O3. The summed E-state index contributed by atoms with van der Waals surface area (Å²) in [5, 5.41) is 13.9. The van der Waals surface area contributed by atoms with Crippen molar-refractivity contribution in [3.05, 3.63) is 39.9 Å². The predicted octanol–water partition coefficient (Wildman–Crippen LogP) is 0.958. The van der Waals surface area contributed by atoms with E-state index in [9.17, 15) is 14.9 Å². The highest BCUT2D eigenvalue weighted by Gasteiger charge is 2.23. The standard InChI is InChI=1S/C13H17N3O3/c1-15(12-5-6-14-9-12)13(17)8-10-3-2-4-11(7-10)16(18)19/h2-4,7,12,14H,5-6,8-9H2,1H3. The fraction of sp³-hybridized carbons (Fsp3) is 0.462. The molecule has 1 heterocycles. The van der Waals surface area contributed by atoms with Crippen LogP contribution in [0.15, 0.2) is 24.3 Å². The van der Waals surface area contributed by atoms with Crippen molar-refractivity contribution in [1.29, 1.82) is 0 Å². The number of nitro benzene ring substituents is 1. The first-order valence-electron chi connectivity index (χ1n) is 6.27. The van der Waals surface area contributed by atoms with Crippen LogP contribution >= 0.6 is 0 Å². The summed E-state index contributed by atoms with van der Waals surface area (Å²) < 4.78 is 0. The molecule has 1 atom stereocenters. The molecule has 0 aliphatic carbocycles. The minimum absolute atomic E-state index is 0.00537. The summed E-state index contributed by atoms with van der Waals surface area (Å²) in [7, 11) is 1.79. The first kappa shape index (κ1) is 13.5. The molecule has 6 nitrogen and oxygen atoms in total. The van der Waals surface area contributed by atoms with Gasteiger partial charge in [0.05, 0.1) is 11.3 Å². The van der Waals surface area contributed by atoms with Gasteiger partial charge in [-0.2, -0.15) is 0 Å². The van der Waals surface area contributed by atoms with Crippen molar-refractivity contribution in [3.8, 4) is 0 Å². The number of amides is 1. The van der Waals surface area contributed by atoms with E-state index < -0.39 is 4.92 Å². The number of nitrogens with one attached hydrogen (secondary N) is 1. The quantitative estimate of drug-likeness (QED) is 0.648. The van der Waals surface area contributed by atoms with E-state index in [2.05, 4.69) is 5.32 Å². The molecule has 1 aromatic carbocycles. The minimum Gasteiger partial charge on any atom is -0.341 e. The Bertz CT molecular complexity index is 484. The minimum atomic E-state index is -0.446. The number of rotatable bonds is 4. The number of non-ortho nitro benzene ring substituents is 1. The van der Waals surface area contributed by atoms with Gasteiger partial charge in [-0.1, -0.05) is 12.1 Å². The Morgan fingerprint density at radius 3 is 3.00 bits per heavy atom. The number of hydrogen-bond donors (Lipinski definition) is 1. The molecule has 1 aliphatic heterocycles. The molecule has 0 aromatic heterocycles. The summed E-state index contributed by atoms with van der Waals surface area (Å²) in [6.07, 6.45) is 1.16. The van der Waals surface area contributed by atoms with Crippen LogP contribution in [0.5, 0.6) is 0 Å². The van der Waals surface area contributed by atoms with Gasteiger partial charge >= 0.3 is 0 Å². The van der Waals surface area contributed by atoms with Crippen LogP contribution in [0.1, 0.15) is 12.0 Å². The maximum atomic E-state index is 12.1. The van der Waals surface area contributed by atoms with Crippen molar-refractivity contribution in [2.75, 3.05) is 20.1 Å². The molecule has 0 spiro atoms. The van der Waals surface area contributed by atoms with Crippen molar-refractivity contribution in [2.24, 2.45) is 0 Å². The topological polar surface area (TPSA) is 75.5 Å². The van der Waals surface area contributed by atoms with Gasteiger partial charge in [-0.25, -0.2) is 0 Å². The number of nitrogens with zero attached hydrogens (tertiary/aromatic N) is 2. The van der Waals surface area contributed by atoms with Gasteiger partial charge in [0.15, 0.2) is 0 Å². The van der Waals surface area contributed by atoms with E-state index in [1.165, 1.54) is 12.1 Å². The second-order valence-corrected chi connectivity index (χ2v) is 4.76. The highest BCUT2D eigenvalue weighted by atomic mass is 16.6. The lowest BCUT2D eigenvalue weighted by atomic mass is 10.1. The Labute approximate surface area is 111 Å². The summed E-state index contributed by atoms with van der Waals surface area (Å²) >= 11 is 0. The molecule has 1 saturated heterocycles.